The van der Waals surface area contributed by atoms with Crippen molar-refractivity contribution in [2.75, 3.05) is 23.4 Å². The van der Waals surface area contributed by atoms with Gasteiger partial charge in [0.2, 0.25) is 11.8 Å². The van der Waals surface area contributed by atoms with Crippen LogP contribution in [0.25, 0.3) is 0 Å². The topological polar surface area (TPSA) is 58.6 Å². The number of carbonyl (C=O) groups is 2. The fourth-order valence-electron chi connectivity index (χ4n) is 2.62. The van der Waals surface area contributed by atoms with Gasteiger partial charge in [-0.2, -0.15) is 0 Å². The number of ether oxygens (including phenoxy) is 1. The number of carbonyl (C=O) groups excluding carboxylic acids is 2. The predicted octanol–water partition coefficient (Wildman–Crippen LogP) is 3.44. The molecule has 1 aliphatic rings. The number of hydrogen-bond donors (Lipinski definition) is 1. The van der Waals surface area contributed by atoms with E-state index in [9.17, 15) is 9.59 Å². The monoisotopic (exact) mass is 318 g/mol. The Labute approximate surface area is 138 Å². The molecule has 2 amide bonds. The van der Waals surface area contributed by atoms with Crippen LogP contribution in [0, 0.1) is 11.3 Å². The Morgan fingerprint density at radius 1 is 1.39 bits per heavy atom. The predicted molar refractivity (Wildman–Crippen MR) is 91.8 cm³/mol. The van der Waals surface area contributed by atoms with Crippen LogP contribution in [-0.4, -0.2) is 25.0 Å². The van der Waals surface area contributed by atoms with Gasteiger partial charge < -0.3 is 15.0 Å². The van der Waals surface area contributed by atoms with Crippen LogP contribution >= 0.6 is 0 Å². The van der Waals surface area contributed by atoms with Crippen molar-refractivity contribution < 1.29 is 14.3 Å². The summed E-state index contributed by atoms with van der Waals surface area (Å²) in [7, 11) is 0. The lowest BCUT2D eigenvalue weighted by molar-refractivity contribution is -0.127. The molecule has 2 rings (SSSR count). The van der Waals surface area contributed by atoms with Gasteiger partial charge in [-0.05, 0) is 38.8 Å². The molecule has 0 atom stereocenters. The summed E-state index contributed by atoms with van der Waals surface area (Å²) in [5.74, 6) is 0.974. The van der Waals surface area contributed by atoms with Crippen molar-refractivity contribution in [3.05, 3.63) is 18.2 Å². The van der Waals surface area contributed by atoms with Gasteiger partial charge in [0.15, 0.2) is 0 Å². The second kappa shape index (κ2) is 6.60. The number of rotatable bonds is 4. The third kappa shape index (κ3) is 3.84. The number of fused-ring (bicyclic) bond motifs is 1. The van der Waals surface area contributed by atoms with Gasteiger partial charge in [-0.15, -0.1) is 0 Å². The van der Waals surface area contributed by atoms with Gasteiger partial charge in [0.25, 0.3) is 0 Å². The Hall–Kier alpha value is -2.04. The highest BCUT2D eigenvalue weighted by Gasteiger charge is 2.37. The summed E-state index contributed by atoms with van der Waals surface area (Å²) in [4.78, 5) is 26.3. The molecule has 0 aliphatic carbocycles. The van der Waals surface area contributed by atoms with E-state index in [0.29, 0.717) is 36.9 Å². The van der Waals surface area contributed by atoms with Gasteiger partial charge in [0.05, 0.1) is 11.1 Å². The lowest BCUT2D eigenvalue weighted by Gasteiger charge is -2.26. The van der Waals surface area contributed by atoms with E-state index in [4.69, 9.17) is 4.74 Å². The Bertz CT molecular complexity index is 608. The third-order valence-corrected chi connectivity index (χ3v) is 3.86. The number of amides is 2. The van der Waals surface area contributed by atoms with Crippen LogP contribution in [0.3, 0.4) is 0 Å². The maximum absolute atomic E-state index is 12.6. The largest absolute Gasteiger partial charge is 0.490 e. The van der Waals surface area contributed by atoms with Crippen molar-refractivity contribution in [3.63, 3.8) is 0 Å². The Kier molecular flexibility index (Phi) is 4.97. The zero-order valence-corrected chi connectivity index (χ0v) is 14.6. The molecule has 0 aromatic heterocycles. The van der Waals surface area contributed by atoms with Crippen molar-refractivity contribution in [2.45, 2.75) is 41.0 Å². The maximum atomic E-state index is 12.6. The minimum absolute atomic E-state index is 0.0164. The van der Waals surface area contributed by atoms with E-state index in [1.165, 1.54) is 0 Å². The molecule has 0 unspecified atom stereocenters. The number of nitrogens with one attached hydrogen (secondary N) is 1. The molecule has 23 heavy (non-hydrogen) atoms. The summed E-state index contributed by atoms with van der Waals surface area (Å²) in [6.07, 6.45) is 0.477. The normalized spacial score (nSPS) is 16.6. The lowest BCUT2D eigenvalue weighted by atomic mass is 9.93. The van der Waals surface area contributed by atoms with E-state index < -0.39 is 5.41 Å². The second-order valence-corrected chi connectivity index (χ2v) is 7.05. The van der Waals surface area contributed by atoms with E-state index in [0.717, 1.165) is 5.69 Å². The Balaban J connectivity index is 2.28. The van der Waals surface area contributed by atoms with Gasteiger partial charge in [0.1, 0.15) is 12.4 Å². The Morgan fingerprint density at radius 2 is 2.09 bits per heavy atom. The zero-order chi connectivity index (χ0) is 17.2. The van der Waals surface area contributed by atoms with Gasteiger partial charge in [-0.1, -0.05) is 13.8 Å². The first-order chi connectivity index (χ1) is 10.7. The van der Waals surface area contributed by atoms with Crippen molar-refractivity contribution in [2.24, 2.45) is 11.3 Å². The summed E-state index contributed by atoms with van der Waals surface area (Å²) in [5, 5.41) is 2.89. The quantitative estimate of drug-likeness (QED) is 0.925. The molecule has 0 fully saturated rings. The van der Waals surface area contributed by atoms with Gasteiger partial charge in [-0.25, -0.2) is 0 Å². The van der Waals surface area contributed by atoms with Crippen molar-refractivity contribution in [3.8, 4) is 5.75 Å². The van der Waals surface area contributed by atoms with Crippen LogP contribution in [0.5, 0.6) is 5.75 Å². The minimum atomic E-state index is -0.573. The van der Waals surface area contributed by atoms with E-state index in [2.05, 4.69) is 5.32 Å². The van der Waals surface area contributed by atoms with Crippen LogP contribution in [0.15, 0.2) is 18.2 Å². The molecule has 0 radical (unpaired) electrons. The first kappa shape index (κ1) is 17.3. The van der Waals surface area contributed by atoms with Crippen molar-refractivity contribution >= 4 is 23.2 Å². The van der Waals surface area contributed by atoms with Gasteiger partial charge >= 0.3 is 0 Å². The zero-order valence-electron chi connectivity index (χ0n) is 14.6. The second-order valence-electron chi connectivity index (χ2n) is 7.05. The number of anilines is 2. The highest BCUT2D eigenvalue weighted by Crippen LogP contribution is 2.38. The molecule has 1 aliphatic heterocycles. The highest BCUT2D eigenvalue weighted by molar-refractivity contribution is 6.00. The van der Waals surface area contributed by atoms with E-state index in [1.54, 1.807) is 11.0 Å². The lowest BCUT2D eigenvalue weighted by Crippen LogP contribution is -2.42. The summed E-state index contributed by atoms with van der Waals surface area (Å²) >= 11 is 0. The molecule has 0 spiro atoms. The summed E-state index contributed by atoms with van der Waals surface area (Å²) < 4.78 is 5.86. The van der Waals surface area contributed by atoms with Crippen LogP contribution in [0.1, 0.15) is 41.0 Å². The van der Waals surface area contributed by atoms with E-state index in [-0.39, 0.29) is 11.8 Å². The molecule has 1 aromatic rings. The molecular formula is C18H26N2O3. The third-order valence-electron chi connectivity index (χ3n) is 3.86. The molecule has 5 heteroatoms. The number of benzene rings is 1. The highest BCUT2D eigenvalue weighted by atomic mass is 16.5. The first-order valence-corrected chi connectivity index (χ1v) is 8.13. The summed E-state index contributed by atoms with van der Waals surface area (Å²) in [5.41, 5.74) is 0.873. The van der Waals surface area contributed by atoms with Crippen LogP contribution in [0.4, 0.5) is 11.4 Å². The molecule has 1 heterocycles. The van der Waals surface area contributed by atoms with Crippen LogP contribution in [0.2, 0.25) is 0 Å². The molecule has 126 valence electrons. The summed E-state index contributed by atoms with van der Waals surface area (Å²) in [6, 6.07) is 5.45. The van der Waals surface area contributed by atoms with Crippen LogP contribution < -0.4 is 15.0 Å². The van der Waals surface area contributed by atoms with E-state index >= 15 is 0 Å². The molecule has 0 saturated heterocycles. The van der Waals surface area contributed by atoms with E-state index in [1.807, 2.05) is 46.8 Å². The molecular weight excluding hydrogens is 292 g/mol. The van der Waals surface area contributed by atoms with Crippen molar-refractivity contribution in [1.29, 1.82) is 0 Å². The Morgan fingerprint density at radius 3 is 2.70 bits per heavy atom. The molecule has 0 bridgehead atoms. The van der Waals surface area contributed by atoms with Gasteiger partial charge in [-0.3, -0.25) is 9.59 Å². The molecule has 1 N–H and O–H groups in total. The number of hydrogen-bond acceptors (Lipinski definition) is 3. The minimum Gasteiger partial charge on any atom is -0.490 e. The number of nitrogens with zero attached hydrogens (tertiary/aromatic N) is 1. The smallest absolute Gasteiger partial charge is 0.236 e. The van der Waals surface area contributed by atoms with Gasteiger partial charge in [0, 0.05) is 24.7 Å². The molecule has 0 saturated carbocycles. The standard InChI is InChI=1S/C18H26N2O3/c1-6-20-14-8-7-13(19-16(21)9-12(2)3)10-15(14)23-11-18(4,5)17(20)22/h7-8,10,12H,6,9,11H2,1-5H3,(H,19,21). The fraction of sp³-hybridized carbons (Fsp3) is 0.556. The first-order valence-electron chi connectivity index (χ1n) is 8.13. The summed E-state index contributed by atoms with van der Waals surface area (Å²) in [6.45, 7) is 10.6. The molecule has 1 aromatic carbocycles. The molecule has 5 nitrogen and oxygen atoms in total. The van der Waals surface area contributed by atoms with Crippen molar-refractivity contribution in [1.82, 2.24) is 0 Å². The fourth-order valence-corrected chi connectivity index (χ4v) is 2.62. The average Bonchev–Trinajstić information content (AvgIpc) is 2.54. The average molecular weight is 318 g/mol. The maximum Gasteiger partial charge on any atom is 0.236 e. The van der Waals surface area contributed by atoms with Crippen LogP contribution in [-0.2, 0) is 9.59 Å². The SMILES string of the molecule is CCN1C(=O)C(C)(C)COc2cc(NC(=O)CC(C)C)ccc21.